The van der Waals surface area contributed by atoms with Crippen molar-refractivity contribution in [1.29, 1.82) is 0 Å². The average Bonchev–Trinajstić information content (AvgIpc) is 2.18. The van der Waals surface area contributed by atoms with E-state index in [-0.39, 0.29) is 0 Å². The molecule has 0 atom stereocenters. The van der Waals surface area contributed by atoms with Crippen molar-refractivity contribution < 1.29 is 4.39 Å². The Kier molecular flexibility index (Phi) is 3.42. The molecule has 1 fully saturated rings. The molecule has 0 amide bonds. The van der Waals surface area contributed by atoms with Gasteiger partial charge in [0.15, 0.2) is 0 Å². The first kappa shape index (κ1) is 11.1. The van der Waals surface area contributed by atoms with Crippen molar-refractivity contribution >= 4 is 15.9 Å². The fourth-order valence-electron chi connectivity index (χ4n) is 2.06. The van der Waals surface area contributed by atoms with Crippen molar-refractivity contribution in [3.05, 3.63) is 34.3 Å². The van der Waals surface area contributed by atoms with Crippen LogP contribution in [-0.2, 0) is 6.42 Å². The molecule has 0 aliphatic carbocycles. The molecule has 1 aromatic carbocycles. The molecule has 3 heteroatoms. The summed E-state index contributed by atoms with van der Waals surface area (Å²) in [5.74, 6) is 0. The number of rotatable bonds is 2. The van der Waals surface area contributed by atoms with Gasteiger partial charge in [-0.2, -0.15) is 0 Å². The summed E-state index contributed by atoms with van der Waals surface area (Å²) >= 11 is 3.41. The third-order valence-corrected chi connectivity index (χ3v) is 3.40. The monoisotopic (exact) mass is 271 g/mol. The molecular weight excluding hydrogens is 257 g/mol. The molecule has 1 saturated heterocycles. The van der Waals surface area contributed by atoms with Crippen molar-refractivity contribution in [2.24, 2.45) is 0 Å². The molecule has 0 saturated carbocycles. The van der Waals surface area contributed by atoms with Crippen molar-refractivity contribution in [2.45, 2.75) is 24.9 Å². The van der Waals surface area contributed by atoms with Gasteiger partial charge in [-0.1, -0.05) is 28.1 Å². The normalized spacial score (nSPS) is 20.1. The molecule has 1 N–H and O–H groups in total. The summed E-state index contributed by atoms with van der Waals surface area (Å²) in [6.45, 7) is 1.59. The Labute approximate surface area is 98.2 Å². The van der Waals surface area contributed by atoms with Crippen LogP contribution in [0.4, 0.5) is 4.39 Å². The number of hydrogen-bond acceptors (Lipinski definition) is 1. The van der Waals surface area contributed by atoms with Gasteiger partial charge in [0.1, 0.15) is 5.67 Å². The first-order chi connectivity index (χ1) is 7.18. The van der Waals surface area contributed by atoms with Crippen LogP contribution in [0.1, 0.15) is 18.4 Å². The van der Waals surface area contributed by atoms with E-state index < -0.39 is 5.67 Å². The first-order valence-corrected chi connectivity index (χ1v) is 6.11. The molecule has 82 valence electrons. The summed E-state index contributed by atoms with van der Waals surface area (Å²) < 4.78 is 15.4. The second-order valence-corrected chi connectivity index (χ2v) is 5.12. The van der Waals surface area contributed by atoms with E-state index in [2.05, 4.69) is 21.2 Å². The Hall–Kier alpha value is -0.410. The average molecular weight is 272 g/mol. The van der Waals surface area contributed by atoms with Gasteiger partial charge in [0, 0.05) is 10.9 Å². The smallest absolute Gasteiger partial charge is 0.117 e. The van der Waals surface area contributed by atoms with Gasteiger partial charge >= 0.3 is 0 Å². The second kappa shape index (κ2) is 4.62. The van der Waals surface area contributed by atoms with E-state index in [1.165, 1.54) is 0 Å². The van der Waals surface area contributed by atoms with E-state index in [1.807, 2.05) is 24.3 Å². The minimum atomic E-state index is -1.01. The third-order valence-electron chi connectivity index (χ3n) is 2.91. The minimum absolute atomic E-state index is 0.536. The quantitative estimate of drug-likeness (QED) is 0.872. The van der Waals surface area contributed by atoms with E-state index in [9.17, 15) is 4.39 Å². The van der Waals surface area contributed by atoms with Gasteiger partial charge in [-0.25, -0.2) is 4.39 Å². The summed E-state index contributed by atoms with van der Waals surface area (Å²) in [4.78, 5) is 0. The number of halogens is 2. The maximum Gasteiger partial charge on any atom is 0.117 e. The predicted molar refractivity (Wildman–Crippen MR) is 63.8 cm³/mol. The molecule has 0 spiro atoms. The molecule has 0 radical (unpaired) electrons. The Morgan fingerprint density at radius 1 is 1.33 bits per heavy atom. The van der Waals surface area contributed by atoms with E-state index in [4.69, 9.17) is 0 Å². The zero-order valence-electron chi connectivity index (χ0n) is 8.60. The van der Waals surface area contributed by atoms with E-state index in [1.54, 1.807) is 0 Å². The van der Waals surface area contributed by atoms with Gasteiger partial charge in [-0.3, -0.25) is 0 Å². The fraction of sp³-hybridized carbons (Fsp3) is 0.500. The summed E-state index contributed by atoms with van der Waals surface area (Å²) in [6.07, 6.45) is 1.78. The van der Waals surface area contributed by atoms with Gasteiger partial charge in [0.25, 0.3) is 0 Å². The molecule has 1 nitrogen and oxygen atoms in total. The molecule has 1 aliphatic rings. The van der Waals surface area contributed by atoms with Crippen LogP contribution in [0.25, 0.3) is 0 Å². The summed E-state index contributed by atoms with van der Waals surface area (Å²) in [6, 6.07) is 7.93. The van der Waals surface area contributed by atoms with Gasteiger partial charge in [-0.15, -0.1) is 0 Å². The number of nitrogens with one attached hydrogen (secondary N) is 1. The summed E-state index contributed by atoms with van der Waals surface area (Å²) in [7, 11) is 0. The molecular formula is C12H15BrFN. The Bertz CT molecular complexity index is 334. The largest absolute Gasteiger partial charge is 0.316 e. The van der Waals surface area contributed by atoms with Gasteiger partial charge in [-0.05, 0) is 43.6 Å². The van der Waals surface area contributed by atoms with Crippen LogP contribution in [-0.4, -0.2) is 18.8 Å². The number of alkyl halides is 1. The molecule has 2 rings (SSSR count). The highest BCUT2D eigenvalue weighted by Crippen LogP contribution is 2.28. The topological polar surface area (TPSA) is 12.0 Å². The van der Waals surface area contributed by atoms with E-state index >= 15 is 0 Å². The molecule has 1 aliphatic heterocycles. The lowest BCUT2D eigenvalue weighted by Gasteiger charge is -2.30. The zero-order chi connectivity index (χ0) is 10.7. The first-order valence-electron chi connectivity index (χ1n) is 5.32. The molecule has 1 heterocycles. The van der Waals surface area contributed by atoms with Gasteiger partial charge in [0.2, 0.25) is 0 Å². The second-order valence-electron chi connectivity index (χ2n) is 4.21. The zero-order valence-corrected chi connectivity index (χ0v) is 10.2. The lowest BCUT2D eigenvalue weighted by molar-refractivity contribution is 0.116. The molecule has 15 heavy (non-hydrogen) atoms. The van der Waals surface area contributed by atoms with Crippen molar-refractivity contribution in [1.82, 2.24) is 5.32 Å². The highest BCUT2D eigenvalue weighted by Gasteiger charge is 2.31. The highest BCUT2D eigenvalue weighted by atomic mass is 79.9. The lowest BCUT2D eigenvalue weighted by atomic mass is 9.88. The van der Waals surface area contributed by atoms with Crippen LogP contribution in [0.3, 0.4) is 0 Å². The summed E-state index contributed by atoms with van der Waals surface area (Å²) in [5, 5.41) is 3.19. The molecule has 0 aromatic heterocycles. The van der Waals surface area contributed by atoms with Crippen molar-refractivity contribution in [2.75, 3.05) is 13.1 Å². The van der Waals surface area contributed by atoms with Crippen LogP contribution in [0.15, 0.2) is 28.7 Å². The van der Waals surface area contributed by atoms with E-state index in [0.717, 1.165) is 23.1 Å². The Morgan fingerprint density at radius 2 is 2.07 bits per heavy atom. The fourth-order valence-corrected chi connectivity index (χ4v) is 2.51. The molecule has 0 bridgehead atoms. The van der Waals surface area contributed by atoms with Crippen LogP contribution in [0.5, 0.6) is 0 Å². The van der Waals surface area contributed by atoms with Crippen molar-refractivity contribution in [3.63, 3.8) is 0 Å². The third kappa shape index (κ3) is 3.02. The van der Waals surface area contributed by atoms with E-state index in [0.29, 0.717) is 19.3 Å². The van der Waals surface area contributed by atoms with Gasteiger partial charge in [0.05, 0.1) is 0 Å². The Morgan fingerprint density at radius 3 is 2.73 bits per heavy atom. The van der Waals surface area contributed by atoms with Crippen LogP contribution < -0.4 is 5.32 Å². The maximum atomic E-state index is 14.3. The number of hydrogen-bond donors (Lipinski definition) is 1. The van der Waals surface area contributed by atoms with Crippen molar-refractivity contribution in [3.8, 4) is 0 Å². The lowest BCUT2D eigenvalue weighted by Crippen LogP contribution is -2.40. The van der Waals surface area contributed by atoms with Crippen LogP contribution in [0, 0.1) is 0 Å². The molecule has 0 unspecified atom stereocenters. The SMILES string of the molecule is FC1(Cc2cccc(Br)c2)CCNCC1. The molecule has 1 aromatic rings. The van der Waals surface area contributed by atoms with Gasteiger partial charge < -0.3 is 5.32 Å². The van der Waals surface area contributed by atoms with Crippen LogP contribution in [0.2, 0.25) is 0 Å². The highest BCUT2D eigenvalue weighted by molar-refractivity contribution is 9.10. The number of piperidine rings is 1. The predicted octanol–water partition coefficient (Wildman–Crippen LogP) is 3.08. The minimum Gasteiger partial charge on any atom is -0.316 e. The number of benzene rings is 1. The van der Waals surface area contributed by atoms with Crippen LogP contribution >= 0.6 is 15.9 Å². The standard InChI is InChI=1S/C12H15BrFN/c13-11-3-1-2-10(8-11)9-12(14)4-6-15-7-5-12/h1-3,8,15H,4-7,9H2. The summed E-state index contributed by atoms with van der Waals surface area (Å²) in [5.41, 5.74) is 0.0697. The maximum absolute atomic E-state index is 14.3. The Balaban J connectivity index is 2.06.